The van der Waals surface area contributed by atoms with Crippen LogP contribution in [0.3, 0.4) is 0 Å². The van der Waals surface area contributed by atoms with E-state index in [0.29, 0.717) is 34.7 Å². The maximum absolute atomic E-state index is 12.5. The third-order valence-electron chi connectivity index (χ3n) is 6.83. The molecule has 194 valence electrons. The van der Waals surface area contributed by atoms with Gasteiger partial charge in [-0.15, -0.1) is 0 Å². The number of rotatable bonds is 6. The number of nitrogens with one attached hydrogen (secondary N) is 2. The lowest BCUT2D eigenvalue weighted by atomic mass is 10.0. The molecule has 4 N–H and O–H groups in total. The van der Waals surface area contributed by atoms with Gasteiger partial charge in [-0.25, -0.2) is 24.9 Å². The van der Waals surface area contributed by atoms with Gasteiger partial charge in [-0.2, -0.15) is 5.26 Å². The number of benzene rings is 1. The molecule has 0 unspecified atom stereocenters. The normalized spacial score (nSPS) is 14.3. The zero-order valence-electron chi connectivity index (χ0n) is 20.9. The fourth-order valence-electron chi connectivity index (χ4n) is 4.88. The minimum atomic E-state index is -0.317. The Kier molecular flexibility index (Phi) is 6.40. The molecule has 1 saturated heterocycles. The van der Waals surface area contributed by atoms with Crippen LogP contribution in [-0.4, -0.2) is 58.5 Å². The van der Waals surface area contributed by atoms with Crippen LogP contribution in [0.4, 0.5) is 11.6 Å². The summed E-state index contributed by atoms with van der Waals surface area (Å²) < 4.78 is 1.84. The number of nitrogens with zero attached hydrogens (tertiary/aromatic N) is 8. The largest absolute Gasteiger partial charge is 0.383 e. The van der Waals surface area contributed by atoms with Crippen molar-refractivity contribution in [1.29, 1.82) is 5.26 Å². The van der Waals surface area contributed by atoms with Gasteiger partial charge in [0.1, 0.15) is 17.7 Å². The predicted molar refractivity (Wildman–Crippen MR) is 146 cm³/mol. The number of fused-ring (bicyclic) bond motifs is 1. The van der Waals surface area contributed by atoms with E-state index in [0.717, 1.165) is 38.2 Å². The second kappa shape index (κ2) is 10.3. The Morgan fingerprint density at radius 1 is 1.05 bits per heavy atom. The van der Waals surface area contributed by atoms with Crippen LogP contribution in [-0.2, 0) is 6.54 Å². The highest BCUT2D eigenvalue weighted by atomic mass is 16.1. The molecule has 1 aliphatic heterocycles. The molecule has 12 heteroatoms. The Morgan fingerprint density at radius 3 is 2.64 bits per heavy atom. The molecule has 0 amide bonds. The van der Waals surface area contributed by atoms with Crippen molar-refractivity contribution in [3.8, 4) is 23.1 Å². The third kappa shape index (κ3) is 4.90. The van der Waals surface area contributed by atoms with E-state index >= 15 is 0 Å². The van der Waals surface area contributed by atoms with Crippen LogP contribution in [0.1, 0.15) is 24.2 Å². The van der Waals surface area contributed by atoms with Crippen molar-refractivity contribution < 1.29 is 0 Å². The van der Waals surface area contributed by atoms with E-state index < -0.39 is 0 Å². The highest BCUT2D eigenvalue weighted by molar-refractivity contribution is 5.82. The first-order chi connectivity index (χ1) is 19.1. The fraction of sp³-hybridized carbons (Fsp3) is 0.222. The number of aromatic amines is 1. The van der Waals surface area contributed by atoms with Gasteiger partial charge in [-0.3, -0.25) is 14.3 Å². The number of nitriles is 1. The van der Waals surface area contributed by atoms with Gasteiger partial charge in [0.2, 0.25) is 5.82 Å². The highest BCUT2D eigenvalue weighted by Crippen LogP contribution is 2.29. The van der Waals surface area contributed by atoms with Crippen LogP contribution in [0.25, 0.3) is 28.2 Å². The first-order valence-corrected chi connectivity index (χ1v) is 12.6. The third-order valence-corrected chi connectivity index (χ3v) is 6.83. The topological polar surface area (TPSA) is 167 Å². The van der Waals surface area contributed by atoms with Gasteiger partial charge in [0.15, 0.2) is 17.0 Å². The number of nitrogen functional groups attached to an aromatic ring is 1. The molecule has 0 atom stereocenters. The van der Waals surface area contributed by atoms with Crippen molar-refractivity contribution in [2.24, 2.45) is 0 Å². The van der Waals surface area contributed by atoms with Crippen molar-refractivity contribution in [3.05, 3.63) is 82.9 Å². The average molecular weight is 520 g/mol. The van der Waals surface area contributed by atoms with E-state index in [-0.39, 0.29) is 16.9 Å². The minimum absolute atomic E-state index is 0.170. The maximum atomic E-state index is 12.5. The van der Waals surface area contributed by atoms with Crippen molar-refractivity contribution >= 4 is 22.8 Å². The average Bonchev–Trinajstić information content (AvgIpc) is 3.35. The summed E-state index contributed by atoms with van der Waals surface area (Å²) in [5, 5.41) is 12.4. The van der Waals surface area contributed by atoms with Crippen LogP contribution in [0.15, 0.2) is 66.0 Å². The molecule has 1 aliphatic rings. The Bertz CT molecular complexity index is 1730. The number of piperidine rings is 1. The molecule has 0 spiro atoms. The van der Waals surface area contributed by atoms with Crippen LogP contribution in [0, 0.1) is 11.3 Å². The Labute approximate surface area is 223 Å². The number of anilines is 2. The first-order valence-electron chi connectivity index (χ1n) is 12.6. The van der Waals surface area contributed by atoms with Gasteiger partial charge in [0.05, 0.1) is 11.9 Å². The number of hydrogen-bond donors (Lipinski definition) is 3. The number of hydrogen-bond acceptors (Lipinski definition) is 10. The summed E-state index contributed by atoms with van der Waals surface area (Å²) in [6, 6.07) is 15.9. The summed E-state index contributed by atoms with van der Waals surface area (Å²) in [5.41, 5.74) is 9.15. The Balaban J connectivity index is 1.18. The van der Waals surface area contributed by atoms with Crippen molar-refractivity contribution in [1.82, 2.24) is 39.4 Å². The molecule has 0 saturated carbocycles. The molecule has 1 aromatic carbocycles. The van der Waals surface area contributed by atoms with Crippen molar-refractivity contribution in [3.63, 3.8) is 0 Å². The Morgan fingerprint density at radius 2 is 1.87 bits per heavy atom. The molecular weight excluding hydrogens is 494 g/mol. The molecule has 0 radical (unpaired) electrons. The van der Waals surface area contributed by atoms with Crippen LogP contribution >= 0.6 is 0 Å². The van der Waals surface area contributed by atoms with E-state index in [1.54, 1.807) is 24.5 Å². The van der Waals surface area contributed by atoms with E-state index in [1.165, 1.54) is 11.9 Å². The van der Waals surface area contributed by atoms with Gasteiger partial charge in [-0.1, -0.05) is 12.1 Å². The molecule has 5 aromatic rings. The number of imidazole rings is 1. The SMILES string of the molecule is N#Cc1nccc(NC2CCN(Cc3ccc(-n4c(-c5cccnc5N)nc5c(=O)[nH]cnc54)cc3)CC2)n1. The summed E-state index contributed by atoms with van der Waals surface area (Å²) in [5.74, 6) is 1.69. The molecule has 0 aliphatic carbocycles. The zero-order chi connectivity index (χ0) is 26.8. The zero-order valence-corrected chi connectivity index (χ0v) is 20.9. The molecule has 0 bridgehead atoms. The lowest BCUT2D eigenvalue weighted by Crippen LogP contribution is -2.38. The maximum Gasteiger partial charge on any atom is 0.278 e. The molecule has 5 heterocycles. The lowest BCUT2D eigenvalue weighted by Gasteiger charge is -2.32. The number of pyridine rings is 1. The number of nitrogens with two attached hydrogens (primary N) is 1. The van der Waals surface area contributed by atoms with E-state index in [2.05, 4.69) is 52.3 Å². The van der Waals surface area contributed by atoms with Gasteiger partial charge >= 0.3 is 0 Å². The smallest absolute Gasteiger partial charge is 0.278 e. The van der Waals surface area contributed by atoms with E-state index in [9.17, 15) is 4.79 Å². The highest BCUT2D eigenvalue weighted by Gasteiger charge is 2.21. The second-order valence-electron chi connectivity index (χ2n) is 9.35. The minimum Gasteiger partial charge on any atom is -0.383 e. The summed E-state index contributed by atoms with van der Waals surface area (Å²) in [6.07, 6.45) is 6.54. The van der Waals surface area contributed by atoms with Crippen molar-refractivity contribution in [2.75, 3.05) is 24.1 Å². The van der Waals surface area contributed by atoms with E-state index in [1.807, 2.05) is 28.8 Å². The lowest BCUT2D eigenvalue weighted by molar-refractivity contribution is 0.211. The van der Waals surface area contributed by atoms with Crippen LogP contribution in [0.2, 0.25) is 0 Å². The monoisotopic (exact) mass is 519 g/mol. The van der Waals surface area contributed by atoms with E-state index in [4.69, 9.17) is 11.0 Å². The molecule has 6 rings (SSSR count). The number of aromatic nitrogens is 7. The molecule has 4 aromatic heterocycles. The second-order valence-corrected chi connectivity index (χ2v) is 9.35. The first kappa shape index (κ1) is 24.2. The predicted octanol–water partition coefficient (Wildman–Crippen LogP) is 2.49. The van der Waals surface area contributed by atoms with Crippen LogP contribution < -0.4 is 16.6 Å². The molecule has 39 heavy (non-hydrogen) atoms. The summed E-state index contributed by atoms with van der Waals surface area (Å²) in [4.78, 5) is 38.8. The van der Waals surface area contributed by atoms with Gasteiger partial charge in [0, 0.05) is 43.8 Å². The summed E-state index contributed by atoms with van der Waals surface area (Å²) in [7, 11) is 0. The number of H-pyrrole nitrogens is 1. The molecular formula is C27H25N11O. The Hall–Kier alpha value is -5.15. The van der Waals surface area contributed by atoms with Gasteiger partial charge < -0.3 is 16.0 Å². The quantitative estimate of drug-likeness (QED) is 0.303. The standard InChI is InChI=1S/C27H25N11O/c28-14-22-30-11-7-21(35-22)34-18-8-12-37(13-9-18)15-17-3-5-19(6-4-17)38-25(20-2-1-10-31-24(20)29)36-23-26(38)32-16-33-27(23)39/h1-7,10-11,16,18H,8-9,12-13,15H2,(H2,29,31)(H,30,34,35)(H,32,33,39). The van der Waals surface area contributed by atoms with Crippen molar-refractivity contribution in [2.45, 2.75) is 25.4 Å². The molecule has 12 nitrogen and oxygen atoms in total. The number of likely N-dealkylation sites (tertiary alicyclic amines) is 1. The molecule has 1 fully saturated rings. The van der Waals surface area contributed by atoms with Gasteiger partial charge in [-0.05, 0) is 48.7 Å². The summed E-state index contributed by atoms with van der Waals surface area (Å²) >= 11 is 0. The van der Waals surface area contributed by atoms with Gasteiger partial charge in [0.25, 0.3) is 5.56 Å². The fourth-order valence-corrected chi connectivity index (χ4v) is 4.88. The van der Waals surface area contributed by atoms with Crippen LogP contribution in [0.5, 0.6) is 0 Å². The summed E-state index contributed by atoms with van der Waals surface area (Å²) in [6.45, 7) is 2.71.